The summed E-state index contributed by atoms with van der Waals surface area (Å²) in [5.74, 6) is 0.410. The van der Waals surface area contributed by atoms with Crippen molar-refractivity contribution in [1.29, 1.82) is 0 Å². The van der Waals surface area contributed by atoms with Crippen LogP contribution in [-0.4, -0.2) is 44.8 Å². The molecule has 0 unspecified atom stereocenters. The van der Waals surface area contributed by atoms with Gasteiger partial charge in [-0.1, -0.05) is 19.9 Å². The molecule has 0 bridgehead atoms. The molecule has 0 aromatic rings. The molecule has 0 atom stereocenters. The molecule has 0 N–H and O–H groups in total. The van der Waals surface area contributed by atoms with Crippen molar-refractivity contribution in [3.8, 4) is 0 Å². The van der Waals surface area contributed by atoms with E-state index in [1.54, 1.807) is 6.08 Å². The van der Waals surface area contributed by atoms with Crippen LogP contribution in [-0.2, 0) is 23.7 Å². The van der Waals surface area contributed by atoms with Gasteiger partial charge >= 0.3 is 6.16 Å². The minimum atomic E-state index is -1.32. The molecule has 2 aliphatic rings. The molecule has 1 spiro atoms. The SMILES string of the molecule is C=CCOC1(CC)COC2(OCC(CC)CO2)OC1. The van der Waals surface area contributed by atoms with E-state index in [4.69, 9.17) is 23.7 Å². The predicted molar refractivity (Wildman–Crippen MR) is 69.5 cm³/mol. The average Bonchev–Trinajstić information content (AvgIpc) is 2.48. The van der Waals surface area contributed by atoms with Crippen molar-refractivity contribution in [3.63, 3.8) is 0 Å². The van der Waals surface area contributed by atoms with Gasteiger partial charge in [-0.05, 0) is 12.8 Å². The third-order valence-corrected chi connectivity index (χ3v) is 3.74. The van der Waals surface area contributed by atoms with Gasteiger partial charge in [0.25, 0.3) is 0 Å². The molecule has 19 heavy (non-hydrogen) atoms. The van der Waals surface area contributed by atoms with Gasteiger partial charge in [0.05, 0.1) is 33.0 Å². The highest BCUT2D eigenvalue weighted by atomic mass is 17.0. The van der Waals surface area contributed by atoms with Crippen LogP contribution in [0.25, 0.3) is 0 Å². The van der Waals surface area contributed by atoms with E-state index < -0.39 is 11.8 Å². The van der Waals surface area contributed by atoms with Gasteiger partial charge in [0, 0.05) is 5.92 Å². The van der Waals surface area contributed by atoms with Crippen LogP contribution in [0.3, 0.4) is 0 Å². The fraction of sp³-hybridized carbons (Fsp3) is 0.857. The molecule has 0 radical (unpaired) electrons. The zero-order chi connectivity index (χ0) is 13.8. The summed E-state index contributed by atoms with van der Waals surface area (Å²) in [5.41, 5.74) is -0.437. The minimum Gasteiger partial charge on any atom is -0.366 e. The molecule has 0 amide bonds. The normalized spacial score (nSPS) is 39.4. The Bertz CT molecular complexity index is 286. The molecule has 2 rings (SSSR count). The molecular formula is C14H24O5. The van der Waals surface area contributed by atoms with E-state index >= 15 is 0 Å². The fourth-order valence-corrected chi connectivity index (χ4v) is 2.08. The summed E-state index contributed by atoms with van der Waals surface area (Å²) in [6.07, 6.45) is 2.23. The average molecular weight is 272 g/mol. The number of hydrogen-bond donors (Lipinski definition) is 0. The van der Waals surface area contributed by atoms with Crippen LogP contribution in [0.4, 0.5) is 0 Å². The van der Waals surface area contributed by atoms with Crippen molar-refractivity contribution in [2.24, 2.45) is 5.92 Å². The molecule has 2 heterocycles. The van der Waals surface area contributed by atoms with Crippen LogP contribution in [0.15, 0.2) is 12.7 Å². The third kappa shape index (κ3) is 3.35. The van der Waals surface area contributed by atoms with Gasteiger partial charge in [-0.3, -0.25) is 0 Å². The summed E-state index contributed by atoms with van der Waals surface area (Å²) in [6, 6.07) is 0. The Labute approximate surface area is 114 Å². The second-order valence-electron chi connectivity index (χ2n) is 5.11. The van der Waals surface area contributed by atoms with Gasteiger partial charge < -0.3 is 23.7 Å². The van der Waals surface area contributed by atoms with E-state index in [0.717, 1.165) is 12.8 Å². The number of hydrogen-bond acceptors (Lipinski definition) is 5. The Morgan fingerprint density at radius 1 is 1.16 bits per heavy atom. The van der Waals surface area contributed by atoms with Crippen molar-refractivity contribution in [1.82, 2.24) is 0 Å². The highest BCUT2D eigenvalue weighted by Crippen LogP contribution is 2.34. The van der Waals surface area contributed by atoms with Crippen molar-refractivity contribution in [3.05, 3.63) is 12.7 Å². The summed E-state index contributed by atoms with van der Waals surface area (Å²) in [5, 5.41) is 0. The zero-order valence-corrected chi connectivity index (χ0v) is 11.9. The first-order chi connectivity index (χ1) is 9.17. The van der Waals surface area contributed by atoms with E-state index in [1.165, 1.54) is 0 Å². The molecule has 2 saturated heterocycles. The van der Waals surface area contributed by atoms with E-state index in [-0.39, 0.29) is 0 Å². The second kappa shape index (κ2) is 6.33. The van der Waals surface area contributed by atoms with Crippen LogP contribution in [0.2, 0.25) is 0 Å². The van der Waals surface area contributed by atoms with Crippen LogP contribution >= 0.6 is 0 Å². The summed E-state index contributed by atoms with van der Waals surface area (Å²) < 4.78 is 28.3. The van der Waals surface area contributed by atoms with Gasteiger partial charge in [-0.2, -0.15) is 0 Å². The number of rotatable bonds is 5. The van der Waals surface area contributed by atoms with E-state index in [0.29, 0.717) is 39.0 Å². The summed E-state index contributed by atoms with van der Waals surface area (Å²) in [6.45, 7) is 10.3. The first-order valence-electron chi connectivity index (χ1n) is 6.98. The first kappa shape index (κ1) is 14.9. The fourth-order valence-electron chi connectivity index (χ4n) is 2.08. The van der Waals surface area contributed by atoms with Gasteiger partial charge in [0.1, 0.15) is 5.60 Å². The van der Waals surface area contributed by atoms with Crippen LogP contribution in [0.5, 0.6) is 0 Å². The molecular weight excluding hydrogens is 248 g/mol. The topological polar surface area (TPSA) is 46.2 Å². The predicted octanol–water partition coefficient (Wildman–Crippen LogP) is 2.07. The summed E-state index contributed by atoms with van der Waals surface area (Å²) >= 11 is 0. The van der Waals surface area contributed by atoms with Gasteiger partial charge in [0.2, 0.25) is 0 Å². The van der Waals surface area contributed by atoms with E-state index in [9.17, 15) is 0 Å². The summed E-state index contributed by atoms with van der Waals surface area (Å²) in [7, 11) is 0. The lowest BCUT2D eigenvalue weighted by molar-refractivity contribution is -0.544. The summed E-state index contributed by atoms with van der Waals surface area (Å²) in [4.78, 5) is 0. The van der Waals surface area contributed by atoms with Gasteiger partial charge in [0.15, 0.2) is 0 Å². The highest BCUT2D eigenvalue weighted by molar-refractivity contribution is 4.84. The van der Waals surface area contributed by atoms with Gasteiger partial charge in [-0.25, -0.2) is 0 Å². The van der Waals surface area contributed by atoms with E-state index in [1.807, 2.05) is 6.92 Å². The first-order valence-corrected chi connectivity index (χ1v) is 6.98. The Morgan fingerprint density at radius 2 is 1.79 bits per heavy atom. The Balaban J connectivity index is 1.89. The number of ether oxygens (including phenoxy) is 5. The van der Waals surface area contributed by atoms with Crippen molar-refractivity contribution in [2.75, 3.05) is 33.0 Å². The zero-order valence-electron chi connectivity index (χ0n) is 11.9. The molecule has 5 heteroatoms. The lowest BCUT2D eigenvalue weighted by Gasteiger charge is -2.46. The van der Waals surface area contributed by atoms with E-state index in [2.05, 4.69) is 13.5 Å². The van der Waals surface area contributed by atoms with Crippen molar-refractivity contribution >= 4 is 0 Å². The molecule has 2 fully saturated rings. The Kier molecular flexibility index (Phi) is 4.97. The maximum Gasteiger partial charge on any atom is 0.412 e. The quantitative estimate of drug-likeness (QED) is 0.717. The molecule has 0 aromatic heterocycles. The third-order valence-electron chi connectivity index (χ3n) is 3.74. The molecule has 0 aliphatic carbocycles. The largest absolute Gasteiger partial charge is 0.412 e. The second-order valence-corrected chi connectivity index (χ2v) is 5.11. The van der Waals surface area contributed by atoms with Crippen molar-refractivity contribution < 1.29 is 23.7 Å². The molecule has 110 valence electrons. The maximum atomic E-state index is 5.77. The molecule has 0 aromatic carbocycles. The molecule has 2 aliphatic heterocycles. The standard InChI is InChI=1S/C14H24O5/c1-4-7-15-13(6-3)10-18-14(19-11-13)16-8-12(5-2)9-17-14/h4,12H,1,5-11H2,2-3H3. The smallest absolute Gasteiger partial charge is 0.366 e. The minimum absolute atomic E-state index is 0.397. The highest BCUT2D eigenvalue weighted by Gasteiger charge is 2.49. The maximum absolute atomic E-state index is 5.77. The molecule has 0 saturated carbocycles. The lowest BCUT2D eigenvalue weighted by Crippen LogP contribution is -2.59. The van der Waals surface area contributed by atoms with Gasteiger partial charge in [-0.15, -0.1) is 6.58 Å². The lowest BCUT2D eigenvalue weighted by atomic mass is 10.0. The van der Waals surface area contributed by atoms with Crippen molar-refractivity contribution in [2.45, 2.75) is 38.4 Å². The van der Waals surface area contributed by atoms with Crippen LogP contribution in [0.1, 0.15) is 26.7 Å². The monoisotopic (exact) mass is 272 g/mol. The Hall–Kier alpha value is -0.460. The van der Waals surface area contributed by atoms with Crippen LogP contribution < -0.4 is 0 Å². The Morgan fingerprint density at radius 3 is 2.26 bits per heavy atom. The molecule has 5 nitrogen and oxygen atoms in total. The van der Waals surface area contributed by atoms with Crippen LogP contribution in [0, 0.1) is 5.92 Å².